The van der Waals surface area contributed by atoms with Gasteiger partial charge in [0.1, 0.15) is 5.69 Å². The van der Waals surface area contributed by atoms with Crippen molar-refractivity contribution in [2.75, 3.05) is 39.9 Å². The molecule has 7 nitrogen and oxygen atoms in total. The van der Waals surface area contributed by atoms with Crippen LogP contribution < -0.4 is 5.56 Å². The Balaban J connectivity index is 1.58. The summed E-state index contributed by atoms with van der Waals surface area (Å²) >= 11 is 5.92. The monoisotopic (exact) mass is 390 g/mol. The maximum absolute atomic E-state index is 12.7. The summed E-state index contributed by atoms with van der Waals surface area (Å²) in [5.74, 6) is -0.146. The fourth-order valence-corrected chi connectivity index (χ4v) is 3.15. The highest BCUT2D eigenvalue weighted by atomic mass is 35.5. The SMILES string of the molecule is COCCn1nc(C(=O)N2CCN(Cc3ccc(Cl)cc3)CC2)ccc1=O. The number of hydrogen-bond donors (Lipinski definition) is 0. The molecule has 3 rings (SSSR count). The zero-order valence-electron chi connectivity index (χ0n) is 15.3. The van der Waals surface area contributed by atoms with Gasteiger partial charge in [-0.25, -0.2) is 4.68 Å². The summed E-state index contributed by atoms with van der Waals surface area (Å²) in [6.07, 6.45) is 0. The van der Waals surface area contributed by atoms with E-state index in [4.69, 9.17) is 16.3 Å². The quantitative estimate of drug-likeness (QED) is 0.747. The zero-order valence-corrected chi connectivity index (χ0v) is 16.1. The van der Waals surface area contributed by atoms with Crippen LogP contribution in [0.1, 0.15) is 16.1 Å². The predicted octanol–water partition coefficient (Wildman–Crippen LogP) is 1.50. The highest BCUT2D eigenvalue weighted by molar-refractivity contribution is 6.30. The molecule has 8 heteroatoms. The number of nitrogens with zero attached hydrogens (tertiary/aromatic N) is 4. The lowest BCUT2D eigenvalue weighted by molar-refractivity contribution is 0.0619. The minimum atomic E-state index is -0.239. The van der Waals surface area contributed by atoms with Gasteiger partial charge < -0.3 is 9.64 Å². The van der Waals surface area contributed by atoms with E-state index >= 15 is 0 Å². The van der Waals surface area contributed by atoms with Gasteiger partial charge in [0.05, 0.1) is 13.2 Å². The van der Waals surface area contributed by atoms with Crippen molar-refractivity contribution in [3.05, 3.63) is 63.0 Å². The molecule has 2 aromatic rings. The summed E-state index contributed by atoms with van der Waals surface area (Å²) in [7, 11) is 1.56. The molecule has 0 unspecified atom stereocenters. The molecule has 1 fully saturated rings. The van der Waals surface area contributed by atoms with E-state index in [2.05, 4.69) is 10.00 Å². The molecule has 1 aliphatic rings. The average Bonchev–Trinajstić information content (AvgIpc) is 2.69. The first-order valence-electron chi connectivity index (χ1n) is 8.90. The number of rotatable bonds is 6. The standard InChI is InChI=1S/C19H23ClN4O3/c1-27-13-12-24-18(25)7-6-17(21-24)19(26)23-10-8-22(9-11-23)14-15-2-4-16(20)5-3-15/h2-7H,8-14H2,1H3. The maximum atomic E-state index is 12.7. The normalized spacial score (nSPS) is 15.1. The van der Waals surface area contributed by atoms with E-state index in [1.807, 2.05) is 24.3 Å². The van der Waals surface area contributed by atoms with Crippen LogP contribution in [0.2, 0.25) is 5.02 Å². The van der Waals surface area contributed by atoms with Crippen molar-refractivity contribution in [3.8, 4) is 0 Å². The topological polar surface area (TPSA) is 67.7 Å². The number of carbonyl (C=O) groups is 1. The van der Waals surface area contributed by atoms with E-state index in [9.17, 15) is 9.59 Å². The molecular weight excluding hydrogens is 368 g/mol. The Kier molecular flexibility index (Phi) is 6.60. The third kappa shape index (κ3) is 5.15. The van der Waals surface area contributed by atoms with Crippen molar-refractivity contribution < 1.29 is 9.53 Å². The number of ether oxygens (including phenoxy) is 1. The second-order valence-electron chi connectivity index (χ2n) is 6.47. The van der Waals surface area contributed by atoms with Crippen molar-refractivity contribution in [2.45, 2.75) is 13.1 Å². The summed E-state index contributed by atoms with van der Waals surface area (Å²) in [6.45, 7) is 4.37. The molecule has 1 aromatic carbocycles. The molecule has 2 heterocycles. The molecule has 1 amide bonds. The molecule has 0 N–H and O–H groups in total. The summed E-state index contributed by atoms with van der Waals surface area (Å²) in [6, 6.07) is 10.7. The number of benzene rings is 1. The summed E-state index contributed by atoms with van der Waals surface area (Å²) in [5.41, 5.74) is 1.25. The summed E-state index contributed by atoms with van der Waals surface area (Å²) < 4.78 is 6.25. The van der Waals surface area contributed by atoms with Crippen molar-refractivity contribution >= 4 is 17.5 Å². The first kappa shape index (κ1) is 19.5. The number of halogens is 1. The molecule has 144 valence electrons. The van der Waals surface area contributed by atoms with Gasteiger partial charge in [0.2, 0.25) is 0 Å². The average molecular weight is 391 g/mol. The Morgan fingerprint density at radius 1 is 1.11 bits per heavy atom. The van der Waals surface area contributed by atoms with Gasteiger partial charge in [0, 0.05) is 50.9 Å². The molecule has 0 bridgehead atoms. The first-order chi connectivity index (χ1) is 13.1. The van der Waals surface area contributed by atoms with Crippen molar-refractivity contribution in [3.63, 3.8) is 0 Å². The van der Waals surface area contributed by atoms with E-state index in [0.717, 1.165) is 24.7 Å². The van der Waals surface area contributed by atoms with E-state index in [1.54, 1.807) is 12.0 Å². The number of aromatic nitrogens is 2. The van der Waals surface area contributed by atoms with Gasteiger partial charge in [0.15, 0.2) is 0 Å². The Hall–Kier alpha value is -2.22. The largest absolute Gasteiger partial charge is 0.383 e. The molecule has 1 aromatic heterocycles. The molecular formula is C19H23ClN4O3. The zero-order chi connectivity index (χ0) is 19.2. The Labute approximate surface area is 163 Å². The number of piperazine rings is 1. The number of amides is 1. The minimum Gasteiger partial charge on any atom is -0.383 e. The Bertz CT molecular complexity index is 830. The number of carbonyl (C=O) groups excluding carboxylic acids is 1. The maximum Gasteiger partial charge on any atom is 0.274 e. The molecule has 0 saturated carbocycles. The van der Waals surface area contributed by atoms with Crippen molar-refractivity contribution in [1.29, 1.82) is 0 Å². The highest BCUT2D eigenvalue weighted by Crippen LogP contribution is 2.13. The molecule has 0 aliphatic carbocycles. The molecule has 0 radical (unpaired) electrons. The van der Waals surface area contributed by atoms with E-state index < -0.39 is 0 Å². The van der Waals surface area contributed by atoms with Gasteiger partial charge in [-0.15, -0.1) is 0 Å². The van der Waals surface area contributed by atoms with Crippen LogP contribution in [-0.4, -0.2) is 65.4 Å². The van der Waals surface area contributed by atoms with Gasteiger partial charge >= 0.3 is 0 Å². The molecule has 27 heavy (non-hydrogen) atoms. The van der Waals surface area contributed by atoms with Crippen LogP contribution in [0.5, 0.6) is 0 Å². The van der Waals surface area contributed by atoms with Gasteiger partial charge in [-0.2, -0.15) is 5.10 Å². The molecule has 0 atom stereocenters. The van der Waals surface area contributed by atoms with Crippen LogP contribution >= 0.6 is 11.6 Å². The summed E-state index contributed by atoms with van der Waals surface area (Å²) in [5, 5.41) is 4.92. The third-order valence-corrected chi connectivity index (χ3v) is 4.82. The predicted molar refractivity (Wildman–Crippen MR) is 103 cm³/mol. The van der Waals surface area contributed by atoms with Crippen LogP contribution in [0.4, 0.5) is 0 Å². The molecule has 1 saturated heterocycles. The van der Waals surface area contributed by atoms with Crippen LogP contribution in [0.3, 0.4) is 0 Å². The number of hydrogen-bond acceptors (Lipinski definition) is 5. The highest BCUT2D eigenvalue weighted by Gasteiger charge is 2.23. The third-order valence-electron chi connectivity index (χ3n) is 4.57. The fourth-order valence-electron chi connectivity index (χ4n) is 3.02. The van der Waals surface area contributed by atoms with Crippen LogP contribution in [0.15, 0.2) is 41.2 Å². The van der Waals surface area contributed by atoms with Gasteiger partial charge in [-0.05, 0) is 23.8 Å². The lowest BCUT2D eigenvalue weighted by atomic mass is 10.2. The van der Waals surface area contributed by atoms with Gasteiger partial charge in [-0.3, -0.25) is 14.5 Å². The second-order valence-corrected chi connectivity index (χ2v) is 6.90. The van der Waals surface area contributed by atoms with E-state index in [1.165, 1.54) is 22.4 Å². The molecule has 1 aliphatic heterocycles. The van der Waals surface area contributed by atoms with E-state index in [0.29, 0.717) is 26.2 Å². The van der Waals surface area contributed by atoms with Crippen LogP contribution in [0.25, 0.3) is 0 Å². The van der Waals surface area contributed by atoms with Crippen molar-refractivity contribution in [2.24, 2.45) is 0 Å². The lowest BCUT2D eigenvalue weighted by Gasteiger charge is -2.34. The second kappa shape index (κ2) is 9.12. The minimum absolute atomic E-state index is 0.146. The van der Waals surface area contributed by atoms with Crippen LogP contribution in [0, 0.1) is 0 Å². The number of methoxy groups -OCH3 is 1. The van der Waals surface area contributed by atoms with Crippen LogP contribution in [-0.2, 0) is 17.8 Å². The van der Waals surface area contributed by atoms with E-state index in [-0.39, 0.29) is 17.2 Å². The fraction of sp³-hybridized carbons (Fsp3) is 0.421. The Morgan fingerprint density at radius 3 is 2.48 bits per heavy atom. The van der Waals surface area contributed by atoms with Gasteiger partial charge in [0.25, 0.3) is 11.5 Å². The lowest BCUT2D eigenvalue weighted by Crippen LogP contribution is -2.48. The van der Waals surface area contributed by atoms with Gasteiger partial charge in [-0.1, -0.05) is 23.7 Å². The first-order valence-corrected chi connectivity index (χ1v) is 9.28. The summed E-state index contributed by atoms with van der Waals surface area (Å²) in [4.78, 5) is 28.6. The molecule has 0 spiro atoms. The Morgan fingerprint density at radius 2 is 1.81 bits per heavy atom. The van der Waals surface area contributed by atoms with Crippen molar-refractivity contribution in [1.82, 2.24) is 19.6 Å². The smallest absolute Gasteiger partial charge is 0.274 e.